The molecule has 4 nitrogen and oxygen atoms in total. The van der Waals surface area contributed by atoms with E-state index in [-0.39, 0.29) is 18.5 Å². The van der Waals surface area contributed by atoms with Crippen molar-refractivity contribution in [2.75, 3.05) is 0 Å². The van der Waals surface area contributed by atoms with Crippen LogP contribution in [0.5, 0.6) is 0 Å². The summed E-state index contributed by atoms with van der Waals surface area (Å²) in [6, 6.07) is 0. The number of unbranched alkanes of at least 4 members (excludes halogenated alkanes) is 31. The molecule has 0 rings (SSSR count). The van der Waals surface area contributed by atoms with Crippen molar-refractivity contribution in [1.82, 2.24) is 0 Å². The van der Waals surface area contributed by atoms with Crippen LogP contribution in [-0.2, 0) is 14.3 Å². The molecule has 0 aliphatic carbocycles. The Kier molecular flexibility index (Phi) is 41.0. The third-order valence-corrected chi connectivity index (χ3v) is 10.5. The highest BCUT2D eigenvalue weighted by Gasteiger charge is 2.14. The topological polar surface area (TPSA) is 63.6 Å². The van der Waals surface area contributed by atoms with Crippen LogP contribution >= 0.6 is 0 Å². The van der Waals surface area contributed by atoms with Crippen molar-refractivity contribution in [2.45, 2.75) is 270 Å². The van der Waals surface area contributed by atoms with Gasteiger partial charge in [0.15, 0.2) is 0 Å². The van der Waals surface area contributed by atoms with Crippen molar-refractivity contribution in [3.05, 3.63) is 12.2 Å². The minimum Gasteiger partial charge on any atom is -0.481 e. The van der Waals surface area contributed by atoms with Crippen LogP contribution in [0.3, 0.4) is 0 Å². The Bertz CT molecular complexity index is 717. The lowest BCUT2D eigenvalue weighted by molar-refractivity contribution is -0.150. The SMILES string of the molecule is CCCCCCCCCC/C=C\CCCCCCCCCCCC(=O)OC(CCCCCCCCCCCCC)CCCCCCCC(=O)O. The Morgan fingerprint density at radius 3 is 1.08 bits per heavy atom. The average molecular weight is 705 g/mol. The molecule has 0 saturated heterocycles. The summed E-state index contributed by atoms with van der Waals surface area (Å²) in [5, 5.41) is 8.83. The summed E-state index contributed by atoms with van der Waals surface area (Å²) in [6.07, 6.45) is 52.5. The van der Waals surface area contributed by atoms with Gasteiger partial charge in [-0.3, -0.25) is 9.59 Å². The van der Waals surface area contributed by atoms with Crippen LogP contribution in [0.25, 0.3) is 0 Å². The average Bonchev–Trinajstić information content (AvgIpc) is 3.10. The van der Waals surface area contributed by atoms with Gasteiger partial charge in [-0.05, 0) is 64.2 Å². The molecule has 0 aliphatic rings. The van der Waals surface area contributed by atoms with Crippen LogP contribution in [0.4, 0.5) is 0 Å². The summed E-state index contributed by atoms with van der Waals surface area (Å²) in [5.74, 6) is -0.691. The highest BCUT2D eigenvalue weighted by atomic mass is 16.5. The van der Waals surface area contributed by atoms with E-state index in [1.54, 1.807) is 0 Å². The van der Waals surface area contributed by atoms with E-state index in [4.69, 9.17) is 9.84 Å². The molecule has 1 atom stereocenters. The Morgan fingerprint density at radius 2 is 0.720 bits per heavy atom. The van der Waals surface area contributed by atoms with E-state index in [1.165, 1.54) is 173 Å². The Hall–Kier alpha value is -1.32. The number of rotatable bonds is 42. The molecule has 50 heavy (non-hydrogen) atoms. The third kappa shape index (κ3) is 41.1. The van der Waals surface area contributed by atoms with Gasteiger partial charge in [-0.1, -0.05) is 199 Å². The Morgan fingerprint density at radius 1 is 0.420 bits per heavy atom. The van der Waals surface area contributed by atoms with Crippen LogP contribution in [0, 0.1) is 0 Å². The first-order valence-electron chi connectivity index (χ1n) is 22.7. The predicted molar refractivity (Wildman–Crippen MR) is 218 cm³/mol. The number of carbonyl (C=O) groups excluding carboxylic acids is 1. The zero-order valence-corrected chi connectivity index (χ0v) is 34.0. The fourth-order valence-electron chi connectivity index (χ4n) is 7.12. The first-order chi connectivity index (χ1) is 24.6. The van der Waals surface area contributed by atoms with Gasteiger partial charge in [0.05, 0.1) is 0 Å². The maximum atomic E-state index is 12.7. The molecule has 0 heterocycles. The number of allylic oxidation sites excluding steroid dienone is 2. The van der Waals surface area contributed by atoms with Crippen molar-refractivity contribution < 1.29 is 19.4 Å². The molecule has 0 radical (unpaired) electrons. The zero-order chi connectivity index (χ0) is 36.4. The second-order valence-corrected chi connectivity index (χ2v) is 15.6. The Balaban J connectivity index is 3.88. The highest BCUT2D eigenvalue weighted by molar-refractivity contribution is 5.69. The van der Waals surface area contributed by atoms with Crippen LogP contribution in [0.1, 0.15) is 264 Å². The van der Waals surface area contributed by atoms with Gasteiger partial charge < -0.3 is 9.84 Å². The number of carbonyl (C=O) groups is 2. The van der Waals surface area contributed by atoms with E-state index in [0.717, 1.165) is 64.2 Å². The standard InChI is InChI=1S/C46H88O4/c1-3-5-7-9-11-13-15-16-17-18-19-20-21-22-23-24-26-28-30-35-39-43-46(49)50-44(41-37-33-31-34-38-42-45(47)48)40-36-32-29-27-25-14-12-10-8-6-4-2/h18-19,44H,3-17,20-43H2,1-2H3,(H,47,48)/b19-18-. The molecule has 0 fully saturated rings. The van der Waals surface area contributed by atoms with Gasteiger partial charge in [0, 0.05) is 12.8 Å². The molecule has 0 aromatic heterocycles. The van der Waals surface area contributed by atoms with Crippen molar-refractivity contribution >= 4 is 11.9 Å². The lowest BCUT2D eigenvalue weighted by atomic mass is 10.0. The van der Waals surface area contributed by atoms with Crippen LogP contribution < -0.4 is 0 Å². The monoisotopic (exact) mass is 705 g/mol. The molecule has 0 spiro atoms. The van der Waals surface area contributed by atoms with Gasteiger partial charge >= 0.3 is 11.9 Å². The van der Waals surface area contributed by atoms with E-state index in [2.05, 4.69) is 26.0 Å². The molecule has 0 aliphatic heterocycles. The number of hydrogen-bond donors (Lipinski definition) is 1. The molecule has 0 aromatic rings. The molecule has 0 amide bonds. The predicted octanol–water partition coefficient (Wildman–Crippen LogP) is 15.8. The summed E-state index contributed by atoms with van der Waals surface area (Å²) in [6.45, 7) is 4.56. The quantitative estimate of drug-likeness (QED) is 0.0390. The largest absolute Gasteiger partial charge is 0.481 e. The van der Waals surface area contributed by atoms with Crippen molar-refractivity contribution in [3.63, 3.8) is 0 Å². The number of hydrogen-bond acceptors (Lipinski definition) is 3. The summed E-state index contributed by atoms with van der Waals surface area (Å²) >= 11 is 0. The molecule has 0 aromatic carbocycles. The van der Waals surface area contributed by atoms with Gasteiger partial charge in [-0.15, -0.1) is 0 Å². The van der Waals surface area contributed by atoms with E-state index in [1.807, 2.05) is 0 Å². The fraction of sp³-hybridized carbons (Fsp3) is 0.913. The highest BCUT2D eigenvalue weighted by Crippen LogP contribution is 2.19. The maximum Gasteiger partial charge on any atom is 0.306 e. The van der Waals surface area contributed by atoms with E-state index >= 15 is 0 Å². The van der Waals surface area contributed by atoms with Crippen LogP contribution in [-0.4, -0.2) is 23.1 Å². The summed E-state index contributed by atoms with van der Waals surface area (Å²) in [4.78, 5) is 23.4. The lowest BCUT2D eigenvalue weighted by Crippen LogP contribution is -2.18. The number of carboxylic acid groups (broad SMARTS) is 1. The molecular formula is C46H88O4. The zero-order valence-electron chi connectivity index (χ0n) is 34.0. The maximum absolute atomic E-state index is 12.7. The minimum atomic E-state index is -0.697. The molecule has 296 valence electrons. The normalized spacial score (nSPS) is 12.2. The molecular weight excluding hydrogens is 617 g/mol. The molecule has 1 N–H and O–H groups in total. The molecule has 4 heteroatoms. The van der Waals surface area contributed by atoms with Gasteiger partial charge in [0.1, 0.15) is 6.10 Å². The van der Waals surface area contributed by atoms with Gasteiger partial charge in [-0.25, -0.2) is 0 Å². The minimum absolute atomic E-state index is 0.00591. The molecule has 1 unspecified atom stereocenters. The van der Waals surface area contributed by atoms with Gasteiger partial charge in [0.25, 0.3) is 0 Å². The summed E-state index contributed by atoms with van der Waals surface area (Å²) in [7, 11) is 0. The number of ether oxygens (including phenoxy) is 1. The molecule has 0 bridgehead atoms. The smallest absolute Gasteiger partial charge is 0.306 e. The molecule has 0 saturated carbocycles. The van der Waals surface area contributed by atoms with Gasteiger partial charge in [0.2, 0.25) is 0 Å². The van der Waals surface area contributed by atoms with Crippen LogP contribution in [0.2, 0.25) is 0 Å². The van der Waals surface area contributed by atoms with E-state index < -0.39 is 5.97 Å². The van der Waals surface area contributed by atoms with Crippen LogP contribution in [0.15, 0.2) is 12.2 Å². The number of aliphatic carboxylic acids is 1. The number of esters is 1. The Labute approximate surface area is 313 Å². The first kappa shape index (κ1) is 48.7. The fourth-order valence-corrected chi connectivity index (χ4v) is 7.12. The van der Waals surface area contributed by atoms with E-state index in [9.17, 15) is 9.59 Å². The first-order valence-corrected chi connectivity index (χ1v) is 22.7. The van der Waals surface area contributed by atoms with Crippen molar-refractivity contribution in [1.29, 1.82) is 0 Å². The van der Waals surface area contributed by atoms with E-state index in [0.29, 0.717) is 6.42 Å². The second-order valence-electron chi connectivity index (χ2n) is 15.6. The van der Waals surface area contributed by atoms with Gasteiger partial charge in [-0.2, -0.15) is 0 Å². The van der Waals surface area contributed by atoms with Crippen molar-refractivity contribution in [3.8, 4) is 0 Å². The number of carboxylic acids is 1. The third-order valence-electron chi connectivity index (χ3n) is 10.5. The summed E-state index contributed by atoms with van der Waals surface area (Å²) < 4.78 is 6.02. The lowest BCUT2D eigenvalue weighted by Gasteiger charge is -2.18. The summed E-state index contributed by atoms with van der Waals surface area (Å²) in [5.41, 5.74) is 0. The van der Waals surface area contributed by atoms with Crippen molar-refractivity contribution in [2.24, 2.45) is 0 Å². The second kappa shape index (κ2) is 42.1.